The molecular formula is C22H26Cl2N2O4S. The Hall–Kier alpha value is -1.80. The lowest BCUT2D eigenvalue weighted by Crippen LogP contribution is -2.35. The van der Waals surface area contributed by atoms with Crippen molar-refractivity contribution in [3.63, 3.8) is 0 Å². The Kier molecular flexibility index (Phi) is 8.22. The van der Waals surface area contributed by atoms with Crippen LogP contribution in [-0.4, -0.2) is 27.5 Å². The number of carbonyl (C=O) groups is 1. The smallest absolute Gasteiger partial charge is 0.257 e. The van der Waals surface area contributed by atoms with Crippen LogP contribution in [0.1, 0.15) is 55.3 Å². The fraction of sp³-hybridized carbons (Fsp3) is 0.409. The number of hydrogen-bond donors (Lipinski definition) is 2. The Morgan fingerprint density at radius 2 is 1.68 bits per heavy atom. The number of anilines is 1. The van der Waals surface area contributed by atoms with Crippen LogP contribution in [0.3, 0.4) is 0 Å². The topological polar surface area (TPSA) is 84.5 Å². The molecule has 1 amide bonds. The SMILES string of the molecule is COc1ccc(S(=O)(=O)NC2CCCCCCC2)cc1NC(=O)c1ccc(Cl)cc1Cl. The number of nitrogens with one attached hydrogen (secondary N) is 2. The molecule has 0 bridgehead atoms. The molecule has 168 valence electrons. The summed E-state index contributed by atoms with van der Waals surface area (Å²) in [6.07, 6.45) is 7.15. The summed E-state index contributed by atoms with van der Waals surface area (Å²) in [5, 5.41) is 3.29. The molecule has 2 aromatic rings. The predicted molar refractivity (Wildman–Crippen MR) is 124 cm³/mol. The van der Waals surface area contributed by atoms with Gasteiger partial charge in [0.1, 0.15) is 5.75 Å². The highest BCUT2D eigenvalue weighted by molar-refractivity contribution is 7.89. The molecule has 0 unspecified atom stereocenters. The average molecular weight is 485 g/mol. The zero-order valence-electron chi connectivity index (χ0n) is 17.3. The molecule has 0 saturated heterocycles. The lowest BCUT2D eigenvalue weighted by molar-refractivity contribution is 0.102. The van der Waals surface area contributed by atoms with E-state index in [1.54, 1.807) is 6.07 Å². The van der Waals surface area contributed by atoms with Crippen LogP contribution in [0, 0.1) is 0 Å². The molecule has 1 aliphatic carbocycles. The molecule has 0 heterocycles. The molecule has 1 aliphatic rings. The molecule has 2 aromatic carbocycles. The van der Waals surface area contributed by atoms with Crippen molar-refractivity contribution in [3.8, 4) is 5.75 Å². The number of benzene rings is 2. The van der Waals surface area contributed by atoms with Gasteiger partial charge in [-0.25, -0.2) is 13.1 Å². The van der Waals surface area contributed by atoms with Crippen molar-refractivity contribution in [3.05, 3.63) is 52.0 Å². The van der Waals surface area contributed by atoms with Gasteiger partial charge < -0.3 is 10.1 Å². The molecule has 0 radical (unpaired) electrons. The fourth-order valence-corrected chi connectivity index (χ4v) is 5.50. The Labute approximate surface area is 193 Å². The molecule has 0 spiro atoms. The number of ether oxygens (including phenoxy) is 1. The third kappa shape index (κ3) is 6.35. The van der Waals surface area contributed by atoms with E-state index in [-0.39, 0.29) is 27.2 Å². The second-order valence-corrected chi connectivity index (χ2v) is 10.2. The summed E-state index contributed by atoms with van der Waals surface area (Å²) in [4.78, 5) is 12.8. The van der Waals surface area contributed by atoms with Crippen molar-refractivity contribution in [2.45, 2.75) is 55.9 Å². The van der Waals surface area contributed by atoms with Crippen LogP contribution in [0.25, 0.3) is 0 Å². The lowest BCUT2D eigenvalue weighted by Gasteiger charge is -2.21. The molecule has 0 aliphatic heterocycles. The largest absolute Gasteiger partial charge is 0.495 e. The molecule has 1 fully saturated rings. The van der Waals surface area contributed by atoms with E-state index in [1.807, 2.05) is 0 Å². The molecule has 6 nitrogen and oxygen atoms in total. The maximum absolute atomic E-state index is 13.0. The Bertz CT molecular complexity index is 1040. The van der Waals surface area contributed by atoms with E-state index in [4.69, 9.17) is 27.9 Å². The second kappa shape index (κ2) is 10.7. The summed E-state index contributed by atoms with van der Waals surface area (Å²) < 4.78 is 34.1. The van der Waals surface area contributed by atoms with Crippen molar-refractivity contribution < 1.29 is 17.9 Å². The van der Waals surface area contributed by atoms with Gasteiger partial charge >= 0.3 is 0 Å². The molecule has 0 aromatic heterocycles. The Balaban J connectivity index is 1.82. The maximum atomic E-state index is 13.0. The summed E-state index contributed by atoms with van der Waals surface area (Å²) in [5.74, 6) is -0.161. The van der Waals surface area contributed by atoms with Crippen molar-refractivity contribution in [2.75, 3.05) is 12.4 Å². The monoisotopic (exact) mass is 484 g/mol. The molecule has 2 N–H and O–H groups in total. The standard InChI is InChI=1S/C22H26Cl2N2O4S/c1-30-21-12-10-17(31(28,29)26-16-7-5-3-2-4-6-8-16)14-20(21)25-22(27)18-11-9-15(23)13-19(18)24/h9-14,16,26H,2-8H2,1H3,(H,25,27). The van der Waals surface area contributed by atoms with Gasteiger partial charge in [0.15, 0.2) is 0 Å². The summed E-state index contributed by atoms with van der Waals surface area (Å²) >= 11 is 12.0. The summed E-state index contributed by atoms with van der Waals surface area (Å²) in [7, 11) is -2.30. The first-order chi connectivity index (χ1) is 14.8. The third-order valence-electron chi connectivity index (χ3n) is 5.33. The zero-order chi connectivity index (χ0) is 22.4. The van der Waals surface area contributed by atoms with Crippen molar-refractivity contribution >= 4 is 44.8 Å². The zero-order valence-corrected chi connectivity index (χ0v) is 19.6. The van der Waals surface area contributed by atoms with Crippen LogP contribution in [0.5, 0.6) is 5.75 Å². The molecule has 0 atom stereocenters. The van der Waals surface area contributed by atoms with Crippen LogP contribution < -0.4 is 14.8 Å². The van der Waals surface area contributed by atoms with Crippen LogP contribution in [0.15, 0.2) is 41.3 Å². The van der Waals surface area contributed by atoms with E-state index in [0.717, 1.165) is 38.5 Å². The Morgan fingerprint density at radius 3 is 2.32 bits per heavy atom. The maximum Gasteiger partial charge on any atom is 0.257 e. The highest BCUT2D eigenvalue weighted by Crippen LogP contribution is 2.30. The first kappa shape index (κ1) is 23.9. The number of amides is 1. The fourth-order valence-electron chi connectivity index (χ4n) is 3.68. The second-order valence-electron chi connectivity index (χ2n) is 7.60. The predicted octanol–water partition coefficient (Wildman–Crippen LogP) is 5.65. The Morgan fingerprint density at radius 1 is 1.00 bits per heavy atom. The summed E-state index contributed by atoms with van der Waals surface area (Å²) in [5.41, 5.74) is 0.452. The number of sulfonamides is 1. The third-order valence-corrected chi connectivity index (χ3v) is 7.40. The van der Waals surface area contributed by atoms with E-state index in [0.29, 0.717) is 10.8 Å². The summed E-state index contributed by atoms with van der Waals surface area (Å²) in [6, 6.07) is 8.82. The highest BCUT2D eigenvalue weighted by atomic mass is 35.5. The number of carbonyl (C=O) groups excluding carboxylic acids is 1. The van der Waals surface area contributed by atoms with Crippen LogP contribution in [0.4, 0.5) is 5.69 Å². The van der Waals surface area contributed by atoms with Crippen LogP contribution >= 0.6 is 23.2 Å². The number of methoxy groups -OCH3 is 1. The number of rotatable bonds is 6. The first-order valence-electron chi connectivity index (χ1n) is 10.3. The molecule has 3 rings (SSSR count). The van der Waals surface area contributed by atoms with Gasteiger partial charge in [0.25, 0.3) is 5.91 Å². The lowest BCUT2D eigenvalue weighted by atomic mass is 9.97. The van der Waals surface area contributed by atoms with Gasteiger partial charge in [-0.15, -0.1) is 0 Å². The van der Waals surface area contributed by atoms with E-state index in [1.165, 1.54) is 43.9 Å². The number of halogens is 2. The van der Waals surface area contributed by atoms with Gasteiger partial charge in [0, 0.05) is 11.1 Å². The minimum atomic E-state index is -3.75. The van der Waals surface area contributed by atoms with Crippen molar-refractivity contribution in [1.82, 2.24) is 4.72 Å². The number of hydrogen-bond acceptors (Lipinski definition) is 4. The van der Waals surface area contributed by atoms with Gasteiger partial charge in [-0.05, 0) is 49.2 Å². The quantitative estimate of drug-likeness (QED) is 0.554. The van der Waals surface area contributed by atoms with Gasteiger partial charge in [-0.2, -0.15) is 0 Å². The van der Waals surface area contributed by atoms with Crippen LogP contribution in [-0.2, 0) is 10.0 Å². The first-order valence-corrected chi connectivity index (χ1v) is 12.5. The molecular weight excluding hydrogens is 459 g/mol. The molecule has 1 saturated carbocycles. The van der Waals surface area contributed by atoms with Gasteiger partial charge in [0.2, 0.25) is 10.0 Å². The van der Waals surface area contributed by atoms with Crippen molar-refractivity contribution in [1.29, 1.82) is 0 Å². The van der Waals surface area contributed by atoms with Gasteiger partial charge in [0.05, 0.1) is 28.3 Å². The van der Waals surface area contributed by atoms with E-state index >= 15 is 0 Å². The van der Waals surface area contributed by atoms with Crippen LogP contribution in [0.2, 0.25) is 10.0 Å². The van der Waals surface area contributed by atoms with Gasteiger partial charge in [-0.3, -0.25) is 4.79 Å². The molecule has 9 heteroatoms. The van der Waals surface area contributed by atoms with E-state index < -0.39 is 15.9 Å². The van der Waals surface area contributed by atoms with Gasteiger partial charge in [-0.1, -0.05) is 55.3 Å². The minimum Gasteiger partial charge on any atom is -0.495 e. The van der Waals surface area contributed by atoms with Crippen molar-refractivity contribution in [2.24, 2.45) is 0 Å². The average Bonchev–Trinajstić information content (AvgIpc) is 2.69. The highest BCUT2D eigenvalue weighted by Gasteiger charge is 2.23. The van der Waals surface area contributed by atoms with E-state index in [2.05, 4.69) is 10.0 Å². The molecule has 31 heavy (non-hydrogen) atoms. The normalized spacial score (nSPS) is 15.7. The van der Waals surface area contributed by atoms with E-state index in [9.17, 15) is 13.2 Å². The summed E-state index contributed by atoms with van der Waals surface area (Å²) in [6.45, 7) is 0. The minimum absolute atomic E-state index is 0.0628.